The standard InChI is InChI=1S/C23H24N4O/c1-27-12-2-3-18(27)13-23-25-21-9-8-20(14-22(21)26-23)28-19-6-4-16(5-7-19)17-10-11-24-15-17/h4-11,14,18H,2-3,12-13,15H2,1H3,(H,25,26)/t18-/m0/s1. The minimum atomic E-state index is 0.593. The van der Waals surface area contributed by atoms with Crippen LogP contribution in [0.1, 0.15) is 24.2 Å². The summed E-state index contributed by atoms with van der Waals surface area (Å²) in [6, 6.07) is 14.8. The third-order valence-corrected chi connectivity index (χ3v) is 5.71. The summed E-state index contributed by atoms with van der Waals surface area (Å²) in [6.07, 6.45) is 7.42. The molecule has 2 aromatic carbocycles. The highest BCUT2D eigenvalue weighted by Crippen LogP contribution is 2.27. The van der Waals surface area contributed by atoms with Crippen LogP contribution < -0.4 is 4.74 Å². The van der Waals surface area contributed by atoms with Crippen molar-refractivity contribution in [1.29, 1.82) is 0 Å². The molecule has 3 aromatic rings. The van der Waals surface area contributed by atoms with Crippen molar-refractivity contribution in [2.24, 2.45) is 4.99 Å². The number of likely N-dealkylation sites (N-methyl/N-ethyl adjacent to an activating group) is 1. The van der Waals surface area contributed by atoms with Crippen molar-refractivity contribution in [3.05, 3.63) is 59.9 Å². The zero-order chi connectivity index (χ0) is 18.9. The molecule has 28 heavy (non-hydrogen) atoms. The van der Waals surface area contributed by atoms with E-state index in [1.54, 1.807) is 0 Å². The summed E-state index contributed by atoms with van der Waals surface area (Å²) >= 11 is 0. The fourth-order valence-corrected chi connectivity index (χ4v) is 4.07. The van der Waals surface area contributed by atoms with Crippen molar-refractivity contribution in [1.82, 2.24) is 14.9 Å². The van der Waals surface area contributed by atoms with Crippen LogP contribution in [-0.2, 0) is 6.42 Å². The van der Waals surface area contributed by atoms with Gasteiger partial charge in [0, 0.05) is 24.7 Å². The molecule has 2 aliphatic heterocycles. The topological polar surface area (TPSA) is 53.5 Å². The first-order chi connectivity index (χ1) is 13.7. The first-order valence-corrected chi connectivity index (χ1v) is 9.91. The van der Waals surface area contributed by atoms with Crippen LogP contribution in [0.3, 0.4) is 0 Å². The second-order valence-electron chi connectivity index (χ2n) is 7.65. The van der Waals surface area contributed by atoms with Crippen LogP contribution in [-0.4, -0.2) is 47.3 Å². The molecule has 2 aliphatic rings. The number of fused-ring (bicyclic) bond motifs is 1. The number of aliphatic imine (C=N–C) groups is 1. The summed E-state index contributed by atoms with van der Waals surface area (Å²) in [6.45, 7) is 1.95. The molecule has 5 heteroatoms. The summed E-state index contributed by atoms with van der Waals surface area (Å²) < 4.78 is 6.06. The Hall–Kier alpha value is -2.92. The quantitative estimate of drug-likeness (QED) is 0.719. The molecular formula is C23H24N4O. The van der Waals surface area contributed by atoms with Crippen LogP contribution in [0.15, 0.2) is 53.5 Å². The van der Waals surface area contributed by atoms with Gasteiger partial charge in [0.05, 0.1) is 17.6 Å². The average molecular weight is 372 g/mol. The Kier molecular flexibility index (Phi) is 4.45. The highest BCUT2D eigenvalue weighted by atomic mass is 16.5. The maximum Gasteiger partial charge on any atom is 0.129 e. The number of rotatable bonds is 5. The van der Waals surface area contributed by atoms with E-state index in [4.69, 9.17) is 9.72 Å². The van der Waals surface area contributed by atoms with Gasteiger partial charge in [-0.25, -0.2) is 4.98 Å². The summed E-state index contributed by atoms with van der Waals surface area (Å²) in [5, 5.41) is 0. The minimum Gasteiger partial charge on any atom is -0.457 e. The number of nitrogens with zero attached hydrogens (tertiary/aromatic N) is 3. The number of benzene rings is 2. The Labute approximate surface area is 164 Å². The van der Waals surface area contributed by atoms with Gasteiger partial charge in [0.1, 0.15) is 17.3 Å². The van der Waals surface area contributed by atoms with Gasteiger partial charge in [-0.3, -0.25) is 4.99 Å². The Morgan fingerprint density at radius 3 is 2.75 bits per heavy atom. The maximum atomic E-state index is 6.06. The van der Waals surface area contributed by atoms with Crippen LogP contribution in [0.25, 0.3) is 16.6 Å². The van der Waals surface area contributed by atoms with Crippen LogP contribution in [0.4, 0.5) is 0 Å². The van der Waals surface area contributed by atoms with E-state index in [2.05, 4.69) is 40.1 Å². The zero-order valence-corrected chi connectivity index (χ0v) is 16.1. The predicted molar refractivity (Wildman–Crippen MR) is 113 cm³/mol. The van der Waals surface area contributed by atoms with Gasteiger partial charge in [0.15, 0.2) is 0 Å². The normalized spacial score (nSPS) is 19.5. The van der Waals surface area contributed by atoms with E-state index in [0.29, 0.717) is 6.04 Å². The lowest BCUT2D eigenvalue weighted by molar-refractivity contribution is 0.306. The third kappa shape index (κ3) is 3.45. The molecule has 0 spiro atoms. The van der Waals surface area contributed by atoms with Crippen molar-refractivity contribution < 1.29 is 4.74 Å². The van der Waals surface area contributed by atoms with Crippen molar-refractivity contribution in [3.63, 3.8) is 0 Å². The molecule has 1 atom stereocenters. The number of H-pyrrole nitrogens is 1. The second-order valence-corrected chi connectivity index (χ2v) is 7.65. The van der Waals surface area contributed by atoms with E-state index < -0.39 is 0 Å². The first kappa shape index (κ1) is 17.2. The summed E-state index contributed by atoms with van der Waals surface area (Å²) in [4.78, 5) is 14.9. The van der Waals surface area contributed by atoms with Gasteiger partial charge in [-0.1, -0.05) is 12.1 Å². The number of ether oxygens (including phenoxy) is 1. The Morgan fingerprint density at radius 2 is 2.00 bits per heavy atom. The number of aromatic amines is 1. The minimum absolute atomic E-state index is 0.593. The lowest BCUT2D eigenvalue weighted by Gasteiger charge is -2.17. The average Bonchev–Trinajstić information content (AvgIpc) is 3.44. The molecule has 1 aromatic heterocycles. The number of hydrogen-bond acceptors (Lipinski definition) is 4. The van der Waals surface area contributed by atoms with E-state index in [0.717, 1.165) is 41.3 Å². The van der Waals surface area contributed by atoms with E-state index in [1.165, 1.54) is 30.5 Å². The van der Waals surface area contributed by atoms with Gasteiger partial charge in [-0.15, -0.1) is 0 Å². The molecule has 1 fully saturated rings. The highest BCUT2D eigenvalue weighted by molar-refractivity contribution is 5.89. The Balaban J connectivity index is 1.30. The van der Waals surface area contributed by atoms with E-state index in [9.17, 15) is 0 Å². The van der Waals surface area contributed by atoms with Crippen molar-refractivity contribution >= 4 is 22.8 Å². The van der Waals surface area contributed by atoms with Crippen LogP contribution in [0.2, 0.25) is 0 Å². The van der Waals surface area contributed by atoms with Crippen molar-refractivity contribution in [2.45, 2.75) is 25.3 Å². The molecule has 0 amide bonds. The van der Waals surface area contributed by atoms with Gasteiger partial charge in [-0.05, 0) is 67.9 Å². The summed E-state index contributed by atoms with van der Waals surface area (Å²) in [7, 11) is 2.20. The van der Waals surface area contributed by atoms with Gasteiger partial charge in [0.25, 0.3) is 0 Å². The van der Waals surface area contributed by atoms with Crippen molar-refractivity contribution in [3.8, 4) is 11.5 Å². The lowest BCUT2D eigenvalue weighted by Crippen LogP contribution is -2.27. The molecule has 0 bridgehead atoms. The molecule has 5 nitrogen and oxygen atoms in total. The van der Waals surface area contributed by atoms with Gasteiger partial charge in [-0.2, -0.15) is 0 Å². The smallest absolute Gasteiger partial charge is 0.129 e. The SMILES string of the molecule is CN1CCC[C@H]1Cc1nc2ccc(Oc3ccc(C4=CC=NC4)cc3)cc2[nH]1. The highest BCUT2D eigenvalue weighted by Gasteiger charge is 2.22. The molecule has 0 aliphatic carbocycles. The monoisotopic (exact) mass is 372 g/mol. The fraction of sp³-hybridized carbons (Fsp3) is 0.304. The van der Waals surface area contributed by atoms with Crippen LogP contribution >= 0.6 is 0 Å². The lowest BCUT2D eigenvalue weighted by atomic mass is 10.1. The summed E-state index contributed by atoms with van der Waals surface area (Å²) in [5.41, 5.74) is 4.45. The number of aromatic nitrogens is 2. The number of allylic oxidation sites excluding steroid dienone is 1. The molecule has 3 heterocycles. The number of likely N-dealkylation sites (tertiary alicyclic amines) is 1. The zero-order valence-electron chi connectivity index (χ0n) is 16.1. The van der Waals surface area contributed by atoms with E-state index in [1.807, 2.05) is 36.5 Å². The van der Waals surface area contributed by atoms with Gasteiger partial charge in [0.2, 0.25) is 0 Å². The molecule has 0 unspecified atom stereocenters. The fourth-order valence-electron chi connectivity index (χ4n) is 4.07. The first-order valence-electron chi connectivity index (χ1n) is 9.91. The largest absolute Gasteiger partial charge is 0.457 e. The third-order valence-electron chi connectivity index (χ3n) is 5.71. The van der Waals surface area contributed by atoms with Crippen LogP contribution in [0.5, 0.6) is 11.5 Å². The Bertz CT molecular complexity index is 1050. The predicted octanol–water partition coefficient (Wildman–Crippen LogP) is 4.46. The summed E-state index contributed by atoms with van der Waals surface area (Å²) in [5.74, 6) is 2.70. The molecule has 0 radical (unpaired) electrons. The number of imidazole rings is 1. The van der Waals surface area contributed by atoms with Gasteiger partial charge < -0.3 is 14.6 Å². The molecule has 1 N–H and O–H groups in total. The second kappa shape index (κ2) is 7.24. The maximum absolute atomic E-state index is 6.06. The number of hydrogen-bond donors (Lipinski definition) is 1. The number of nitrogens with one attached hydrogen (secondary N) is 1. The molecule has 0 saturated carbocycles. The van der Waals surface area contributed by atoms with Crippen molar-refractivity contribution in [2.75, 3.05) is 20.1 Å². The molecular weight excluding hydrogens is 348 g/mol. The molecule has 5 rings (SSSR count). The van der Waals surface area contributed by atoms with Crippen LogP contribution in [0, 0.1) is 0 Å². The van der Waals surface area contributed by atoms with E-state index in [-0.39, 0.29) is 0 Å². The van der Waals surface area contributed by atoms with E-state index >= 15 is 0 Å². The molecule has 1 saturated heterocycles. The van der Waals surface area contributed by atoms with Gasteiger partial charge >= 0.3 is 0 Å². The Morgan fingerprint density at radius 1 is 1.14 bits per heavy atom. The molecule has 142 valence electrons.